The number of hydrogen-bond donors (Lipinski definition) is 2. The summed E-state index contributed by atoms with van der Waals surface area (Å²) in [5.74, 6) is -0.0557. The molecule has 0 atom stereocenters. The number of nitrogens with two attached hydrogens (primary N) is 1. The van der Waals surface area contributed by atoms with E-state index in [-0.39, 0.29) is 18.2 Å². The minimum absolute atomic E-state index is 0.0432. The van der Waals surface area contributed by atoms with Crippen LogP contribution in [0.15, 0.2) is 48.5 Å². The number of hydrogen-bond acceptors (Lipinski definition) is 3. The minimum Gasteiger partial charge on any atom is -0.399 e. The molecule has 0 unspecified atom stereocenters. The van der Waals surface area contributed by atoms with E-state index >= 15 is 0 Å². The average Bonchev–Trinajstić information content (AvgIpc) is 2.70. The molecular formula is C22H27N3O2. The van der Waals surface area contributed by atoms with Crippen molar-refractivity contribution in [3.63, 3.8) is 0 Å². The Kier molecular flexibility index (Phi) is 6.12. The monoisotopic (exact) mass is 365 g/mol. The molecule has 3 rings (SSSR count). The number of anilines is 2. The largest absolute Gasteiger partial charge is 0.399 e. The first-order valence-electron chi connectivity index (χ1n) is 9.54. The van der Waals surface area contributed by atoms with E-state index < -0.39 is 0 Å². The zero-order valence-electron chi connectivity index (χ0n) is 15.8. The Labute approximate surface area is 160 Å². The highest BCUT2D eigenvalue weighted by Gasteiger charge is 2.22. The molecule has 2 aromatic carbocycles. The summed E-state index contributed by atoms with van der Waals surface area (Å²) in [7, 11) is 1.89. The number of nitrogens with zero attached hydrogens (tertiary/aromatic N) is 1. The van der Waals surface area contributed by atoms with Gasteiger partial charge in [0.15, 0.2) is 0 Å². The van der Waals surface area contributed by atoms with Crippen molar-refractivity contribution >= 4 is 23.2 Å². The summed E-state index contributed by atoms with van der Waals surface area (Å²) >= 11 is 0. The predicted octanol–water partition coefficient (Wildman–Crippen LogP) is 3.85. The lowest BCUT2D eigenvalue weighted by Gasteiger charge is -2.31. The zero-order valence-corrected chi connectivity index (χ0v) is 15.8. The van der Waals surface area contributed by atoms with Crippen molar-refractivity contribution in [1.29, 1.82) is 0 Å². The van der Waals surface area contributed by atoms with Crippen molar-refractivity contribution in [3.05, 3.63) is 59.7 Å². The molecule has 5 nitrogen and oxygen atoms in total. The maximum absolute atomic E-state index is 12.7. The minimum atomic E-state index is -0.0989. The van der Waals surface area contributed by atoms with Gasteiger partial charge in [-0.1, -0.05) is 31.4 Å². The highest BCUT2D eigenvalue weighted by Crippen LogP contribution is 2.23. The van der Waals surface area contributed by atoms with Crippen molar-refractivity contribution in [2.75, 3.05) is 18.1 Å². The van der Waals surface area contributed by atoms with E-state index in [9.17, 15) is 9.59 Å². The Balaban J connectivity index is 1.56. The number of carbonyl (C=O) groups excluding carboxylic acids is 2. The number of nitrogen functional groups attached to an aromatic ring is 1. The Hall–Kier alpha value is -2.82. The summed E-state index contributed by atoms with van der Waals surface area (Å²) in [6, 6.07) is 14.7. The predicted molar refractivity (Wildman–Crippen MR) is 109 cm³/mol. The second-order valence-corrected chi connectivity index (χ2v) is 7.25. The molecule has 0 saturated heterocycles. The molecule has 27 heavy (non-hydrogen) atoms. The van der Waals surface area contributed by atoms with Gasteiger partial charge in [-0.2, -0.15) is 0 Å². The quantitative estimate of drug-likeness (QED) is 0.790. The Bertz CT molecular complexity index is 778. The van der Waals surface area contributed by atoms with Crippen LogP contribution >= 0.6 is 0 Å². The molecule has 2 amide bonds. The lowest BCUT2D eigenvalue weighted by Crippen LogP contribution is -2.38. The van der Waals surface area contributed by atoms with Crippen molar-refractivity contribution in [2.24, 2.45) is 0 Å². The summed E-state index contributed by atoms with van der Waals surface area (Å²) in [6.45, 7) is 0. The molecule has 0 aliphatic heterocycles. The Morgan fingerprint density at radius 2 is 1.63 bits per heavy atom. The van der Waals surface area contributed by atoms with E-state index in [1.54, 1.807) is 36.4 Å². The van der Waals surface area contributed by atoms with Crippen LogP contribution in [0.1, 0.15) is 48.0 Å². The van der Waals surface area contributed by atoms with Crippen molar-refractivity contribution in [2.45, 2.75) is 44.6 Å². The molecule has 0 spiro atoms. The molecule has 1 aliphatic carbocycles. The van der Waals surface area contributed by atoms with Gasteiger partial charge in [-0.25, -0.2) is 0 Å². The molecule has 0 radical (unpaired) electrons. The van der Waals surface area contributed by atoms with Crippen LogP contribution in [-0.2, 0) is 11.2 Å². The zero-order chi connectivity index (χ0) is 19.2. The van der Waals surface area contributed by atoms with E-state index in [4.69, 9.17) is 5.73 Å². The Morgan fingerprint density at radius 3 is 2.26 bits per heavy atom. The fraction of sp³-hybridized carbons (Fsp3) is 0.364. The van der Waals surface area contributed by atoms with E-state index in [2.05, 4.69) is 5.32 Å². The van der Waals surface area contributed by atoms with Gasteiger partial charge in [-0.05, 0) is 54.8 Å². The highest BCUT2D eigenvalue weighted by molar-refractivity contribution is 5.96. The summed E-state index contributed by atoms with van der Waals surface area (Å²) in [5, 5.41) is 2.87. The summed E-state index contributed by atoms with van der Waals surface area (Å²) < 4.78 is 0. The molecule has 1 saturated carbocycles. The van der Waals surface area contributed by atoms with Crippen molar-refractivity contribution in [1.82, 2.24) is 4.90 Å². The number of benzene rings is 2. The molecule has 3 N–H and O–H groups in total. The van der Waals surface area contributed by atoms with Gasteiger partial charge in [-0.15, -0.1) is 0 Å². The SMILES string of the molecule is CN(C(=O)c1ccc(NC(=O)Cc2ccc(N)cc2)cc1)C1CCCCC1. The third kappa shape index (κ3) is 5.09. The molecule has 5 heteroatoms. The molecule has 0 bridgehead atoms. The van der Waals surface area contributed by atoms with E-state index in [0.717, 1.165) is 18.4 Å². The molecule has 1 aliphatic rings. The summed E-state index contributed by atoms with van der Waals surface area (Å²) in [5.41, 5.74) is 8.58. The van der Waals surface area contributed by atoms with Crippen LogP contribution in [0.25, 0.3) is 0 Å². The molecule has 142 valence electrons. The van der Waals surface area contributed by atoms with Crippen LogP contribution in [-0.4, -0.2) is 29.8 Å². The summed E-state index contributed by atoms with van der Waals surface area (Å²) in [4.78, 5) is 26.7. The first-order chi connectivity index (χ1) is 13.0. The van der Waals surface area contributed by atoms with Gasteiger partial charge in [-0.3, -0.25) is 9.59 Å². The maximum atomic E-state index is 12.7. The third-order valence-electron chi connectivity index (χ3n) is 5.20. The lowest BCUT2D eigenvalue weighted by molar-refractivity contribution is -0.115. The number of nitrogens with one attached hydrogen (secondary N) is 1. The topological polar surface area (TPSA) is 75.4 Å². The van der Waals surface area contributed by atoms with E-state index in [1.165, 1.54) is 19.3 Å². The van der Waals surface area contributed by atoms with Crippen LogP contribution in [0, 0.1) is 0 Å². The normalized spacial score (nSPS) is 14.6. The van der Waals surface area contributed by atoms with Gasteiger partial charge < -0.3 is 16.0 Å². The van der Waals surface area contributed by atoms with E-state index in [1.807, 2.05) is 24.1 Å². The third-order valence-corrected chi connectivity index (χ3v) is 5.20. The molecule has 2 aromatic rings. The van der Waals surface area contributed by atoms with Gasteiger partial charge in [0.1, 0.15) is 0 Å². The van der Waals surface area contributed by atoms with Crippen LogP contribution in [0.3, 0.4) is 0 Å². The van der Waals surface area contributed by atoms with Crippen molar-refractivity contribution < 1.29 is 9.59 Å². The van der Waals surface area contributed by atoms with Gasteiger partial charge in [0, 0.05) is 30.0 Å². The average molecular weight is 365 g/mol. The second-order valence-electron chi connectivity index (χ2n) is 7.25. The fourth-order valence-electron chi connectivity index (χ4n) is 3.56. The van der Waals surface area contributed by atoms with Crippen LogP contribution < -0.4 is 11.1 Å². The van der Waals surface area contributed by atoms with Crippen LogP contribution in [0.4, 0.5) is 11.4 Å². The molecule has 0 heterocycles. The Morgan fingerprint density at radius 1 is 1.00 bits per heavy atom. The maximum Gasteiger partial charge on any atom is 0.253 e. The van der Waals surface area contributed by atoms with Gasteiger partial charge in [0.2, 0.25) is 5.91 Å². The number of amides is 2. The van der Waals surface area contributed by atoms with Gasteiger partial charge >= 0.3 is 0 Å². The lowest BCUT2D eigenvalue weighted by atomic mass is 9.94. The number of carbonyl (C=O) groups is 2. The van der Waals surface area contributed by atoms with Gasteiger partial charge in [0.25, 0.3) is 5.91 Å². The summed E-state index contributed by atoms with van der Waals surface area (Å²) in [6.07, 6.45) is 6.11. The van der Waals surface area contributed by atoms with Crippen molar-refractivity contribution in [3.8, 4) is 0 Å². The second kappa shape index (κ2) is 8.71. The number of rotatable bonds is 5. The standard InChI is InChI=1S/C22H27N3O2/c1-25(20-5-3-2-4-6-20)22(27)17-9-13-19(14-10-17)24-21(26)15-16-7-11-18(23)12-8-16/h7-14,20H,2-6,15,23H2,1H3,(H,24,26). The first-order valence-corrected chi connectivity index (χ1v) is 9.54. The highest BCUT2D eigenvalue weighted by atomic mass is 16.2. The molecule has 0 aromatic heterocycles. The van der Waals surface area contributed by atoms with Crippen LogP contribution in [0.5, 0.6) is 0 Å². The molecular weight excluding hydrogens is 338 g/mol. The fourth-order valence-corrected chi connectivity index (χ4v) is 3.56. The first kappa shape index (κ1) is 19.0. The molecule has 1 fully saturated rings. The van der Waals surface area contributed by atoms with Crippen LogP contribution in [0.2, 0.25) is 0 Å². The smallest absolute Gasteiger partial charge is 0.253 e. The van der Waals surface area contributed by atoms with Gasteiger partial charge in [0.05, 0.1) is 6.42 Å². The van der Waals surface area contributed by atoms with E-state index in [0.29, 0.717) is 23.0 Å².